The lowest BCUT2D eigenvalue weighted by molar-refractivity contribution is 0.0883. The minimum Gasteiger partial charge on any atom is -0.369 e. The van der Waals surface area contributed by atoms with E-state index in [1.54, 1.807) is 0 Å². The van der Waals surface area contributed by atoms with E-state index in [1.807, 2.05) is 26.0 Å². The third-order valence-electron chi connectivity index (χ3n) is 7.83. The Hall–Kier alpha value is -4.07. The fourth-order valence-electron chi connectivity index (χ4n) is 5.59. The number of anilines is 1. The average Bonchev–Trinajstić information content (AvgIpc) is 2.92. The molecule has 10 heteroatoms. The van der Waals surface area contributed by atoms with Gasteiger partial charge in [-0.25, -0.2) is 28.7 Å². The highest BCUT2D eigenvalue weighted by Crippen LogP contribution is 2.32. The van der Waals surface area contributed by atoms with Crippen LogP contribution in [-0.4, -0.2) is 82.6 Å². The fraction of sp³-hybridized carbons (Fsp3) is 0.367. The van der Waals surface area contributed by atoms with Gasteiger partial charge >= 0.3 is 0 Å². The van der Waals surface area contributed by atoms with E-state index in [4.69, 9.17) is 0 Å². The van der Waals surface area contributed by atoms with E-state index in [2.05, 4.69) is 41.7 Å². The van der Waals surface area contributed by atoms with E-state index < -0.39 is 11.6 Å². The van der Waals surface area contributed by atoms with Gasteiger partial charge in [0, 0.05) is 62.6 Å². The normalized spacial score (nSPS) is 16.8. The molecular weight excluding hydrogens is 510 g/mol. The van der Waals surface area contributed by atoms with Gasteiger partial charge in [-0.05, 0) is 63.2 Å². The third kappa shape index (κ3) is 5.10. The molecule has 2 saturated heterocycles. The third-order valence-corrected chi connectivity index (χ3v) is 7.83. The van der Waals surface area contributed by atoms with Crippen molar-refractivity contribution in [2.24, 2.45) is 5.92 Å². The zero-order valence-corrected chi connectivity index (χ0v) is 22.8. The van der Waals surface area contributed by atoms with Crippen molar-refractivity contribution in [3.05, 3.63) is 65.0 Å². The molecule has 2 aliphatic heterocycles. The van der Waals surface area contributed by atoms with Gasteiger partial charge in [-0.3, -0.25) is 4.90 Å². The molecule has 0 amide bonds. The second-order valence-electron chi connectivity index (χ2n) is 10.8. The topological polar surface area (TPSA) is 85.1 Å². The number of fused-ring (bicyclic) bond motifs is 1. The lowest BCUT2D eigenvalue weighted by Gasteiger charge is -2.42. The number of nitrogens with zero attached hydrogens (tertiary/aromatic N) is 8. The fourth-order valence-corrected chi connectivity index (χ4v) is 5.59. The molecule has 4 aromatic rings. The lowest BCUT2D eigenvalue weighted by Crippen LogP contribution is -2.53. The van der Waals surface area contributed by atoms with Crippen molar-refractivity contribution >= 4 is 16.9 Å². The molecule has 2 aromatic carbocycles. The van der Waals surface area contributed by atoms with Crippen LogP contribution in [0.5, 0.6) is 0 Å². The number of nitriles is 1. The van der Waals surface area contributed by atoms with Gasteiger partial charge in [0.15, 0.2) is 11.5 Å². The molecule has 2 aromatic heterocycles. The van der Waals surface area contributed by atoms with Crippen LogP contribution in [-0.2, 0) is 0 Å². The maximum Gasteiger partial charge on any atom is 0.182 e. The first kappa shape index (κ1) is 26.2. The molecule has 0 N–H and O–H groups in total. The van der Waals surface area contributed by atoms with E-state index in [0.29, 0.717) is 28.1 Å². The van der Waals surface area contributed by atoms with Crippen LogP contribution in [0.4, 0.5) is 14.5 Å². The van der Waals surface area contributed by atoms with Crippen LogP contribution >= 0.6 is 0 Å². The molecular formula is C30H30F2N8. The first-order valence-corrected chi connectivity index (χ1v) is 13.5. The number of aryl methyl sites for hydroxylation is 2. The molecule has 0 radical (unpaired) electrons. The Morgan fingerprint density at radius 3 is 2.38 bits per heavy atom. The lowest BCUT2D eigenvalue weighted by atomic mass is 10.0. The molecule has 4 heterocycles. The average molecular weight is 541 g/mol. The van der Waals surface area contributed by atoms with Crippen molar-refractivity contribution in [2.45, 2.75) is 13.8 Å². The van der Waals surface area contributed by atoms with Crippen LogP contribution in [0.1, 0.15) is 17.0 Å². The van der Waals surface area contributed by atoms with Crippen molar-refractivity contribution in [1.29, 1.82) is 5.26 Å². The first-order chi connectivity index (χ1) is 19.3. The molecule has 2 aliphatic rings. The number of rotatable bonds is 5. The molecule has 40 heavy (non-hydrogen) atoms. The summed E-state index contributed by atoms with van der Waals surface area (Å²) in [6.07, 6.45) is 0. The van der Waals surface area contributed by atoms with Crippen LogP contribution in [0.25, 0.3) is 33.8 Å². The van der Waals surface area contributed by atoms with Gasteiger partial charge in [0.05, 0.1) is 23.0 Å². The van der Waals surface area contributed by atoms with Crippen molar-refractivity contribution in [2.75, 3.05) is 57.8 Å². The first-order valence-electron chi connectivity index (χ1n) is 13.5. The number of aromatic nitrogens is 4. The van der Waals surface area contributed by atoms with Crippen LogP contribution < -0.4 is 4.90 Å². The van der Waals surface area contributed by atoms with Crippen LogP contribution in [0.2, 0.25) is 0 Å². The number of piperazine rings is 1. The van der Waals surface area contributed by atoms with E-state index in [9.17, 15) is 9.65 Å². The van der Waals surface area contributed by atoms with Gasteiger partial charge in [-0.1, -0.05) is 0 Å². The van der Waals surface area contributed by atoms with Crippen LogP contribution in [0.15, 0.2) is 36.4 Å². The van der Waals surface area contributed by atoms with Gasteiger partial charge in [-0.15, -0.1) is 0 Å². The monoisotopic (exact) mass is 540 g/mol. The maximum atomic E-state index is 15.2. The Morgan fingerprint density at radius 1 is 0.925 bits per heavy atom. The van der Waals surface area contributed by atoms with Crippen molar-refractivity contribution < 1.29 is 8.78 Å². The Morgan fingerprint density at radius 2 is 1.68 bits per heavy atom. The van der Waals surface area contributed by atoms with Crippen LogP contribution in [0, 0.1) is 42.7 Å². The number of benzene rings is 2. The summed E-state index contributed by atoms with van der Waals surface area (Å²) < 4.78 is 30.2. The summed E-state index contributed by atoms with van der Waals surface area (Å²) in [4.78, 5) is 25.5. The Kier molecular flexibility index (Phi) is 6.86. The summed E-state index contributed by atoms with van der Waals surface area (Å²) >= 11 is 0. The summed E-state index contributed by atoms with van der Waals surface area (Å²) in [5.74, 6) is -0.0323. The van der Waals surface area contributed by atoms with Gasteiger partial charge in [0.1, 0.15) is 22.8 Å². The summed E-state index contributed by atoms with van der Waals surface area (Å²) in [5, 5.41) is 9.18. The molecule has 0 atom stereocenters. The predicted octanol–water partition coefficient (Wildman–Crippen LogP) is 4.20. The molecule has 8 nitrogen and oxygen atoms in total. The van der Waals surface area contributed by atoms with Gasteiger partial charge in [0.2, 0.25) is 0 Å². The quantitative estimate of drug-likeness (QED) is 0.372. The zero-order valence-electron chi connectivity index (χ0n) is 22.8. The van der Waals surface area contributed by atoms with E-state index in [-0.39, 0.29) is 22.6 Å². The smallest absolute Gasteiger partial charge is 0.182 e. The van der Waals surface area contributed by atoms with E-state index >= 15 is 4.39 Å². The Labute approximate surface area is 231 Å². The Balaban J connectivity index is 1.35. The zero-order chi connectivity index (χ0) is 28.0. The standard InChI is InChI=1S/C30H30F2N8/c1-18-19(2)35-30-28(34-18)27(25-5-4-20(14-33)10-26(25)32)36-29(37-30)22-11-23(31)13-24(12-22)40-8-6-39(7-9-40)17-21-15-38(3)16-21/h4-5,10-13,21H,6-9,15-17H2,1-3H3. The SMILES string of the molecule is Cc1nc2nc(-c3cc(F)cc(N4CCN(CC5CN(C)C5)CC4)c3)nc(-c3ccc(C#N)cc3F)c2nc1C. The highest BCUT2D eigenvalue weighted by Gasteiger charge is 2.27. The molecule has 0 spiro atoms. The second-order valence-corrected chi connectivity index (χ2v) is 10.8. The van der Waals surface area contributed by atoms with Crippen molar-refractivity contribution in [3.63, 3.8) is 0 Å². The van der Waals surface area contributed by atoms with Gasteiger partial charge in [0.25, 0.3) is 0 Å². The van der Waals surface area contributed by atoms with Crippen molar-refractivity contribution in [1.82, 2.24) is 29.7 Å². The van der Waals surface area contributed by atoms with Gasteiger partial charge in [-0.2, -0.15) is 5.26 Å². The van der Waals surface area contributed by atoms with E-state index in [1.165, 1.54) is 30.3 Å². The molecule has 0 saturated carbocycles. The number of hydrogen-bond donors (Lipinski definition) is 0. The van der Waals surface area contributed by atoms with Crippen molar-refractivity contribution in [3.8, 4) is 28.7 Å². The predicted molar refractivity (Wildman–Crippen MR) is 150 cm³/mol. The highest BCUT2D eigenvalue weighted by molar-refractivity contribution is 5.89. The maximum absolute atomic E-state index is 15.2. The molecule has 0 bridgehead atoms. The molecule has 204 valence electrons. The molecule has 6 rings (SSSR count). The summed E-state index contributed by atoms with van der Waals surface area (Å²) in [6, 6.07) is 11.0. The Bertz CT molecular complexity index is 1640. The number of hydrogen-bond acceptors (Lipinski definition) is 8. The van der Waals surface area contributed by atoms with E-state index in [0.717, 1.165) is 57.4 Å². The minimum absolute atomic E-state index is 0.176. The molecule has 2 fully saturated rings. The molecule has 0 unspecified atom stereocenters. The molecule has 0 aliphatic carbocycles. The summed E-state index contributed by atoms with van der Waals surface area (Å²) in [7, 11) is 2.15. The number of halogens is 2. The van der Waals surface area contributed by atoms with Crippen LogP contribution in [0.3, 0.4) is 0 Å². The minimum atomic E-state index is -0.601. The largest absolute Gasteiger partial charge is 0.369 e. The summed E-state index contributed by atoms with van der Waals surface area (Å²) in [6.45, 7) is 10.5. The summed E-state index contributed by atoms with van der Waals surface area (Å²) in [5.41, 5.74) is 3.88. The second kappa shape index (κ2) is 10.5. The highest BCUT2D eigenvalue weighted by atomic mass is 19.1. The van der Waals surface area contributed by atoms with Gasteiger partial charge < -0.3 is 9.80 Å². The number of likely N-dealkylation sites (tertiary alicyclic amines) is 1.